The SMILES string of the molecule is CCOP(=O)(OCC)C(O[P@]1(=S)OCC(C)(C)[C@H](c2ccccc2)O1)c1ccc(OC)cc1. The van der Waals surface area contributed by atoms with Crippen LogP contribution in [0.2, 0.25) is 0 Å². The van der Waals surface area contributed by atoms with Gasteiger partial charge in [-0.05, 0) is 48.9 Å². The summed E-state index contributed by atoms with van der Waals surface area (Å²) in [6.45, 7) is 4.95. The van der Waals surface area contributed by atoms with Gasteiger partial charge in [-0.3, -0.25) is 13.6 Å². The van der Waals surface area contributed by atoms with Gasteiger partial charge < -0.3 is 18.3 Å². The highest BCUT2D eigenvalue weighted by atomic mass is 32.5. The third kappa shape index (κ3) is 6.33. The average molecular weight is 515 g/mol. The van der Waals surface area contributed by atoms with Gasteiger partial charge in [-0.15, -0.1) is 0 Å². The van der Waals surface area contributed by atoms with E-state index in [1.54, 1.807) is 45.2 Å². The van der Waals surface area contributed by atoms with Crippen molar-refractivity contribution < 1.29 is 31.9 Å². The third-order valence-corrected chi connectivity index (χ3v) is 9.77. The maximum atomic E-state index is 13.8. The first-order valence-corrected chi connectivity index (χ1v) is 15.0. The minimum atomic E-state index is -3.77. The lowest BCUT2D eigenvalue weighted by atomic mass is 9.83. The van der Waals surface area contributed by atoms with Crippen LogP contribution in [0.15, 0.2) is 54.6 Å². The molecule has 1 heterocycles. The molecule has 33 heavy (non-hydrogen) atoms. The van der Waals surface area contributed by atoms with E-state index in [0.29, 0.717) is 17.9 Å². The van der Waals surface area contributed by atoms with Crippen LogP contribution in [0.5, 0.6) is 5.75 Å². The largest absolute Gasteiger partial charge is 0.497 e. The Balaban J connectivity index is 1.98. The molecule has 0 radical (unpaired) electrons. The van der Waals surface area contributed by atoms with Crippen molar-refractivity contribution in [1.82, 2.24) is 0 Å². The number of benzene rings is 2. The van der Waals surface area contributed by atoms with Gasteiger partial charge >= 0.3 is 14.3 Å². The van der Waals surface area contributed by atoms with Crippen LogP contribution < -0.4 is 4.74 Å². The second kappa shape index (κ2) is 11.1. The first kappa shape index (κ1) is 26.5. The van der Waals surface area contributed by atoms with E-state index in [0.717, 1.165) is 5.56 Å². The lowest BCUT2D eigenvalue weighted by molar-refractivity contribution is -0.0416. The molecule has 0 spiro atoms. The van der Waals surface area contributed by atoms with E-state index in [-0.39, 0.29) is 24.7 Å². The van der Waals surface area contributed by atoms with E-state index in [9.17, 15) is 4.57 Å². The van der Waals surface area contributed by atoms with E-state index in [1.807, 2.05) is 30.3 Å². The van der Waals surface area contributed by atoms with E-state index >= 15 is 0 Å². The van der Waals surface area contributed by atoms with E-state index in [4.69, 9.17) is 39.2 Å². The fourth-order valence-corrected chi connectivity index (χ4v) is 8.54. The molecule has 0 amide bonds. The average Bonchev–Trinajstić information content (AvgIpc) is 2.80. The number of rotatable bonds is 10. The molecule has 1 fully saturated rings. The van der Waals surface area contributed by atoms with E-state index < -0.39 is 20.2 Å². The molecule has 1 saturated heterocycles. The summed E-state index contributed by atoms with van der Waals surface area (Å²) in [4.78, 5) is 0. The molecule has 0 aliphatic carbocycles. The van der Waals surface area contributed by atoms with Crippen LogP contribution in [0, 0.1) is 5.41 Å². The van der Waals surface area contributed by atoms with Crippen molar-refractivity contribution in [3.8, 4) is 5.75 Å². The smallest absolute Gasteiger partial charge is 0.364 e. The molecule has 3 atom stereocenters. The number of hydrogen-bond acceptors (Lipinski definition) is 8. The number of methoxy groups -OCH3 is 1. The van der Waals surface area contributed by atoms with Crippen molar-refractivity contribution in [2.75, 3.05) is 26.9 Å². The Hall–Kier alpha value is -1.08. The van der Waals surface area contributed by atoms with Crippen molar-refractivity contribution in [2.45, 2.75) is 39.6 Å². The summed E-state index contributed by atoms with van der Waals surface area (Å²) in [7, 11) is -2.19. The Morgan fingerprint density at radius 2 is 1.70 bits per heavy atom. The molecule has 1 aliphatic heterocycles. The van der Waals surface area contributed by atoms with Gasteiger partial charge in [0.25, 0.3) is 0 Å². The van der Waals surface area contributed by atoms with Gasteiger partial charge in [0.15, 0.2) is 5.85 Å². The summed E-state index contributed by atoms with van der Waals surface area (Å²) in [6, 6.07) is 16.8. The highest BCUT2D eigenvalue weighted by molar-refractivity contribution is 8.07. The minimum Gasteiger partial charge on any atom is -0.497 e. The van der Waals surface area contributed by atoms with Gasteiger partial charge in [-0.1, -0.05) is 56.3 Å². The molecule has 2 aromatic carbocycles. The third-order valence-electron chi connectivity index (χ3n) is 5.18. The Kier molecular flexibility index (Phi) is 8.93. The quantitative estimate of drug-likeness (QED) is 0.314. The first-order chi connectivity index (χ1) is 15.7. The molecule has 0 saturated carbocycles. The predicted octanol–water partition coefficient (Wildman–Crippen LogP) is 7.02. The van der Waals surface area contributed by atoms with Crippen LogP contribution in [0.1, 0.15) is 50.8 Å². The Labute approximate surface area is 201 Å². The van der Waals surface area contributed by atoms with Crippen LogP contribution in [-0.2, 0) is 39.0 Å². The minimum absolute atomic E-state index is 0.178. The molecular weight excluding hydrogens is 482 g/mol. The highest BCUT2D eigenvalue weighted by Gasteiger charge is 2.48. The molecule has 2 aromatic rings. The molecule has 0 aromatic heterocycles. The summed E-state index contributed by atoms with van der Waals surface area (Å²) in [6.07, 6.45) is -0.353. The zero-order chi connectivity index (χ0) is 24.1. The molecule has 7 nitrogen and oxygen atoms in total. The Morgan fingerprint density at radius 3 is 2.24 bits per heavy atom. The topological polar surface area (TPSA) is 72.5 Å². The number of hydrogen-bond donors (Lipinski definition) is 0. The predicted molar refractivity (Wildman–Crippen MR) is 132 cm³/mol. The molecule has 10 heteroatoms. The molecule has 3 rings (SSSR count). The van der Waals surface area contributed by atoms with Gasteiger partial charge in [0, 0.05) is 5.41 Å². The summed E-state index contributed by atoms with van der Waals surface area (Å²) >= 11 is 5.78. The van der Waals surface area contributed by atoms with Gasteiger partial charge in [-0.25, -0.2) is 0 Å². The van der Waals surface area contributed by atoms with Crippen molar-refractivity contribution in [3.63, 3.8) is 0 Å². The summed E-state index contributed by atoms with van der Waals surface area (Å²) in [5.74, 6) is -0.467. The summed E-state index contributed by atoms with van der Waals surface area (Å²) in [5, 5.41) is 0. The second-order valence-electron chi connectivity index (χ2n) is 8.21. The number of ether oxygens (including phenoxy) is 1. The molecular formula is C23H32O7P2S. The molecule has 182 valence electrons. The van der Waals surface area contributed by atoms with Crippen molar-refractivity contribution in [2.24, 2.45) is 5.41 Å². The van der Waals surface area contributed by atoms with Crippen LogP contribution in [0.25, 0.3) is 0 Å². The van der Waals surface area contributed by atoms with Crippen molar-refractivity contribution in [1.29, 1.82) is 0 Å². The van der Waals surface area contributed by atoms with Crippen LogP contribution in [0.3, 0.4) is 0 Å². The fraction of sp³-hybridized carbons (Fsp3) is 0.478. The first-order valence-electron chi connectivity index (χ1n) is 10.9. The van der Waals surface area contributed by atoms with Gasteiger partial charge in [0.05, 0.1) is 33.0 Å². The van der Waals surface area contributed by atoms with Crippen LogP contribution in [0.4, 0.5) is 0 Å². The van der Waals surface area contributed by atoms with Crippen LogP contribution in [-0.4, -0.2) is 26.9 Å². The maximum Gasteiger partial charge on any atom is 0.364 e. The zero-order valence-electron chi connectivity index (χ0n) is 19.6. The highest BCUT2D eigenvalue weighted by Crippen LogP contribution is 2.71. The lowest BCUT2D eigenvalue weighted by Crippen LogP contribution is -2.33. The lowest BCUT2D eigenvalue weighted by Gasteiger charge is -2.43. The molecule has 0 N–H and O–H groups in total. The van der Waals surface area contributed by atoms with E-state index in [1.165, 1.54) is 0 Å². The van der Waals surface area contributed by atoms with Crippen molar-refractivity contribution >= 4 is 26.1 Å². The van der Waals surface area contributed by atoms with Gasteiger partial charge in [-0.2, -0.15) is 0 Å². The standard InChI is InChI=1S/C23H32O7P2S/c1-6-26-31(24,27-7-2)22(19-13-15-20(25-5)16-14-19)30-32(33)28-17-23(3,4)21(29-32)18-11-9-8-10-12-18/h8-16,21-22H,6-7,17H2,1-5H3/t21-,22?,32-/m0/s1. The Bertz CT molecular complexity index is 988. The maximum absolute atomic E-state index is 13.8. The fourth-order valence-electron chi connectivity index (χ4n) is 3.54. The molecule has 1 aliphatic rings. The van der Waals surface area contributed by atoms with Gasteiger partial charge in [0.2, 0.25) is 0 Å². The summed E-state index contributed by atoms with van der Waals surface area (Å²) < 4.78 is 48.9. The van der Waals surface area contributed by atoms with Crippen LogP contribution >= 0.6 is 14.3 Å². The molecule has 0 bridgehead atoms. The molecule has 1 unspecified atom stereocenters. The zero-order valence-corrected chi connectivity index (χ0v) is 22.2. The Morgan fingerprint density at radius 1 is 1.09 bits per heavy atom. The van der Waals surface area contributed by atoms with Gasteiger partial charge in [0.1, 0.15) is 5.75 Å². The monoisotopic (exact) mass is 514 g/mol. The second-order valence-corrected chi connectivity index (χ2v) is 13.2. The summed E-state index contributed by atoms with van der Waals surface area (Å²) in [5.41, 5.74) is 1.20. The van der Waals surface area contributed by atoms with E-state index in [2.05, 4.69) is 13.8 Å². The van der Waals surface area contributed by atoms with Crippen molar-refractivity contribution in [3.05, 3.63) is 65.7 Å². The normalized spacial score (nSPS) is 23.7.